The average molecular weight is 417 g/mol. The molecule has 0 atom stereocenters. The van der Waals surface area contributed by atoms with Crippen LogP contribution in [0.5, 0.6) is 5.75 Å². The van der Waals surface area contributed by atoms with Crippen LogP contribution in [0.3, 0.4) is 0 Å². The van der Waals surface area contributed by atoms with E-state index in [1.807, 2.05) is 13.0 Å². The van der Waals surface area contributed by atoms with E-state index in [9.17, 15) is 4.79 Å². The van der Waals surface area contributed by atoms with Crippen molar-refractivity contribution in [3.05, 3.63) is 137 Å². The third-order valence-corrected chi connectivity index (χ3v) is 6.32. The molecule has 4 aromatic rings. The highest BCUT2D eigenvalue weighted by atomic mass is 16.5. The topological polar surface area (TPSA) is 26.3 Å². The van der Waals surface area contributed by atoms with E-state index in [1.165, 1.54) is 27.8 Å². The van der Waals surface area contributed by atoms with Crippen molar-refractivity contribution in [2.75, 3.05) is 0 Å². The van der Waals surface area contributed by atoms with Gasteiger partial charge in [0.25, 0.3) is 0 Å². The highest BCUT2D eigenvalue weighted by Crippen LogP contribution is 2.56. The van der Waals surface area contributed by atoms with E-state index < -0.39 is 11.4 Å². The summed E-state index contributed by atoms with van der Waals surface area (Å²) in [5.74, 6) is 0.153. The summed E-state index contributed by atoms with van der Waals surface area (Å²) in [5.41, 5.74) is 8.23. The average Bonchev–Trinajstić information content (AvgIpc) is 3.12. The number of ether oxygens (including phenoxy) is 1. The number of fused-ring (bicyclic) bond motifs is 3. The van der Waals surface area contributed by atoms with Gasteiger partial charge in [-0.05, 0) is 58.9 Å². The second-order valence-electron chi connectivity index (χ2n) is 8.36. The number of hydrogen-bond acceptors (Lipinski definition) is 2. The monoisotopic (exact) mass is 416 g/mol. The smallest absolute Gasteiger partial charge is 0.338 e. The van der Waals surface area contributed by atoms with Crippen molar-refractivity contribution >= 4 is 5.97 Å². The van der Waals surface area contributed by atoms with E-state index in [0.29, 0.717) is 11.3 Å². The Morgan fingerprint density at radius 3 is 1.88 bits per heavy atom. The molecule has 1 aliphatic rings. The lowest BCUT2D eigenvalue weighted by Gasteiger charge is -2.34. The van der Waals surface area contributed by atoms with Crippen molar-refractivity contribution in [1.82, 2.24) is 0 Å². The summed E-state index contributed by atoms with van der Waals surface area (Å²) in [7, 11) is 0. The van der Waals surface area contributed by atoms with Gasteiger partial charge in [0.2, 0.25) is 0 Å². The predicted molar refractivity (Wildman–Crippen MR) is 129 cm³/mol. The van der Waals surface area contributed by atoms with Gasteiger partial charge in [0, 0.05) is 5.57 Å². The number of aryl methyl sites for hydroxylation is 1. The zero-order valence-electron chi connectivity index (χ0n) is 18.3. The second-order valence-corrected chi connectivity index (χ2v) is 8.36. The van der Waals surface area contributed by atoms with Crippen molar-refractivity contribution < 1.29 is 9.53 Å². The molecule has 0 radical (unpaired) electrons. The van der Waals surface area contributed by atoms with Crippen LogP contribution in [0.25, 0.3) is 11.1 Å². The fraction of sp³-hybridized carbons (Fsp3) is 0.100. The van der Waals surface area contributed by atoms with Crippen molar-refractivity contribution in [2.24, 2.45) is 0 Å². The summed E-state index contributed by atoms with van der Waals surface area (Å²) in [5, 5.41) is 0. The standard InChI is InChI=1S/C30H24O2/c1-20(2)29(31)32-28-18-17-23(19-21(28)3)30(22-11-5-4-6-12-22)26-15-9-7-13-24(26)25-14-8-10-16-27(25)30/h4-19H,1H2,2-3H3. The molecule has 0 unspecified atom stereocenters. The molecular weight excluding hydrogens is 392 g/mol. The molecule has 0 heterocycles. The van der Waals surface area contributed by atoms with Crippen LogP contribution < -0.4 is 4.74 Å². The molecule has 0 saturated carbocycles. The molecule has 4 aromatic carbocycles. The molecule has 5 rings (SSSR count). The van der Waals surface area contributed by atoms with Gasteiger partial charge in [-0.25, -0.2) is 4.79 Å². The van der Waals surface area contributed by atoms with Crippen LogP contribution in [0, 0.1) is 6.92 Å². The molecule has 2 nitrogen and oxygen atoms in total. The molecule has 0 bridgehead atoms. The Bertz CT molecular complexity index is 1300. The lowest BCUT2D eigenvalue weighted by Crippen LogP contribution is -2.28. The Morgan fingerprint density at radius 1 is 0.750 bits per heavy atom. The first kappa shape index (κ1) is 20.0. The third-order valence-electron chi connectivity index (χ3n) is 6.32. The van der Waals surface area contributed by atoms with E-state index in [0.717, 1.165) is 11.1 Å². The van der Waals surface area contributed by atoms with Crippen molar-refractivity contribution in [3.8, 4) is 16.9 Å². The minimum absolute atomic E-state index is 0.382. The van der Waals surface area contributed by atoms with Crippen LogP contribution in [0.15, 0.2) is 109 Å². The van der Waals surface area contributed by atoms with Crippen LogP contribution in [-0.2, 0) is 10.2 Å². The lowest BCUT2D eigenvalue weighted by molar-refractivity contribution is -0.130. The molecular formula is C30H24O2. The zero-order valence-corrected chi connectivity index (χ0v) is 18.3. The van der Waals surface area contributed by atoms with Gasteiger partial charge >= 0.3 is 5.97 Å². The predicted octanol–water partition coefficient (Wildman–Crippen LogP) is 6.84. The molecule has 0 aliphatic heterocycles. The molecule has 32 heavy (non-hydrogen) atoms. The van der Waals surface area contributed by atoms with Gasteiger partial charge in [-0.15, -0.1) is 0 Å². The number of rotatable bonds is 4. The summed E-state index contributed by atoms with van der Waals surface area (Å²) in [6.07, 6.45) is 0. The molecule has 0 spiro atoms. The summed E-state index contributed by atoms with van der Waals surface area (Å²) in [6, 6.07) is 34.0. The van der Waals surface area contributed by atoms with Crippen molar-refractivity contribution in [3.63, 3.8) is 0 Å². The molecule has 1 aliphatic carbocycles. The van der Waals surface area contributed by atoms with E-state index in [4.69, 9.17) is 4.74 Å². The molecule has 0 N–H and O–H groups in total. The van der Waals surface area contributed by atoms with Gasteiger partial charge < -0.3 is 4.74 Å². The van der Waals surface area contributed by atoms with Crippen LogP contribution in [0.2, 0.25) is 0 Å². The van der Waals surface area contributed by atoms with Gasteiger partial charge in [-0.3, -0.25) is 0 Å². The third kappa shape index (κ3) is 2.91. The highest BCUT2D eigenvalue weighted by molar-refractivity contribution is 5.89. The zero-order chi connectivity index (χ0) is 22.3. The van der Waals surface area contributed by atoms with Gasteiger partial charge in [0.1, 0.15) is 5.75 Å². The number of benzene rings is 4. The molecule has 0 fully saturated rings. The molecule has 0 aromatic heterocycles. The highest BCUT2D eigenvalue weighted by Gasteiger charge is 2.45. The summed E-state index contributed by atoms with van der Waals surface area (Å²) >= 11 is 0. The van der Waals surface area contributed by atoms with Gasteiger partial charge in [-0.2, -0.15) is 0 Å². The number of carbonyl (C=O) groups excluding carboxylic acids is 1. The molecule has 0 saturated heterocycles. The first-order valence-electron chi connectivity index (χ1n) is 10.8. The minimum atomic E-state index is -0.448. The minimum Gasteiger partial charge on any atom is -0.423 e. The van der Waals surface area contributed by atoms with Crippen LogP contribution in [-0.4, -0.2) is 5.97 Å². The quantitative estimate of drug-likeness (QED) is 0.182. The maximum atomic E-state index is 12.1. The first-order chi connectivity index (χ1) is 15.5. The maximum Gasteiger partial charge on any atom is 0.338 e. The van der Waals surface area contributed by atoms with E-state index in [2.05, 4.69) is 97.6 Å². The Kier molecular flexibility index (Phi) is 4.79. The number of esters is 1. The molecule has 2 heteroatoms. The van der Waals surface area contributed by atoms with Gasteiger partial charge in [-0.1, -0.05) is 97.6 Å². The SMILES string of the molecule is C=C(C)C(=O)Oc1ccc(C2(c3ccccc3)c3ccccc3-c3ccccc32)cc1C. The maximum absolute atomic E-state index is 12.1. The molecule has 156 valence electrons. The van der Waals surface area contributed by atoms with Gasteiger partial charge in [0.15, 0.2) is 0 Å². The Hall–Kier alpha value is -3.91. The van der Waals surface area contributed by atoms with Crippen molar-refractivity contribution in [1.29, 1.82) is 0 Å². The summed E-state index contributed by atoms with van der Waals surface area (Å²) in [6.45, 7) is 7.33. The summed E-state index contributed by atoms with van der Waals surface area (Å²) < 4.78 is 5.56. The van der Waals surface area contributed by atoms with Gasteiger partial charge in [0.05, 0.1) is 5.41 Å². The van der Waals surface area contributed by atoms with Crippen LogP contribution in [0.4, 0.5) is 0 Å². The van der Waals surface area contributed by atoms with E-state index in [1.54, 1.807) is 6.92 Å². The fourth-order valence-electron chi connectivity index (χ4n) is 4.90. The largest absolute Gasteiger partial charge is 0.423 e. The van der Waals surface area contributed by atoms with Crippen LogP contribution in [0.1, 0.15) is 34.7 Å². The van der Waals surface area contributed by atoms with E-state index >= 15 is 0 Å². The second kappa shape index (κ2) is 7.65. The summed E-state index contributed by atoms with van der Waals surface area (Å²) in [4.78, 5) is 12.1. The first-order valence-corrected chi connectivity index (χ1v) is 10.8. The van der Waals surface area contributed by atoms with Crippen LogP contribution >= 0.6 is 0 Å². The lowest BCUT2D eigenvalue weighted by atomic mass is 9.67. The Labute approximate surface area is 188 Å². The fourth-order valence-corrected chi connectivity index (χ4v) is 4.90. The number of carbonyl (C=O) groups is 1. The number of hydrogen-bond donors (Lipinski definition) is 0. The van der Waals surface area contributed by atoms with E-state index in [-0.39, 0.29) is 0 Å². The normalized spacial score (nSPS) is 13.2. The Morgan fingerprint density at radius 2 is 1.31 bits per heavy atom. The molecule has 0 amide bonds. The Balaban J connectivity index is 1.79. The van der Waals surface area contributed by atoms with Crippen molar-refractivity contribution in [2.45, 2.75) is 19.3 Å².